The van der Waals surface area contributed by atoms with E-state index in [2.05, 4.69) is 24.5 Å². The molecule has 2 aliphatic heterocycles. The second kappa shape index (κ2) is 6.60. The number of rotatable bonds is 5. The Morgan fingerprint density at radius 3 is 2.82 bits per heavy atom. The lowest BCUT2D eigenvalue weighted by molar-refractivity contribution is -0.0684. The third-order valence-electron chi connectivity index (χ3n) is 5.32. The average Bonchev–Trinajstić information content (AvgIpc) is 3.08. The first-order valence-electron chi connectivity index (χ1n) is 8.77. The first-order valence-corrected chi connectivity index (χ1v) is 9.93. The van der Waals surface area contributed by atoms with Crippen LogP contribution < -0.4 is 10.6 Å². The molecular weight excluding hydrogens is 296 g/mol. The summed E-state index contributed by atoms with van der Waals surface area (Å²) in [6.07, 6.45) is 6.81. The molecule has 0 aromatic rings. The number of hydrogen-bond acceptors (Lipinski definition) is 3. The molecule has 3 aliphatic rings. The molecule has 1 aliphatic carbocycles. The van der Waals surface area contributed by atoms with Crippen molar-refractivity contribution in [2.24, 2.45) is 11.3 Å². The van der Waals surface area contributed by atoms with Gasteiger partial charge in [0.15, 0.2) is 0 Å². The first-order chi connectivity index (χ1) is 10.5. The molecule has 4 nitrogen and oxygen atoms in total. The highest BCUT2D eigenvalue weighted by molar-refractivity contribution is 7.99. The molecule has 2 saturated heterocycles. The van der Waals surface area contributed by atoms with Gasteiger partial charge in [-0.3, -0.25) is 0 Å². The van der Waals surface area contributed by atoms with Crippen molar-refractivity contribution in [1.82, 2.24) is 10.6 Å². The summed E-state index contributed by atoms with van der Waals surface area (Å²) in [6.45, 7) is 6.15. The standard InChI is InChI=1S/C17H30N2O2S/c1-13(2)9-16(4-5-16)11-18-15(20)19-14-3-7-21-17(10-14)6-8-22-12-17/h13-14H,3-12H2,1-2H3,(H2,18,19,20)/t14-,17+/m1/s1. The molecule has 2 N–H and O–H groups in total. The van der Waals surface area contributed by atoms with Crippen molar-refractivity contribution < 1.29 is 9.53 Å². The number of carbonyl (C=O) groups excluding carboxylic acids is 1. The van der Waals surface area contributed by atoms with Gasteiger partial charge in [-0.15, -0.1) is 0 Å². The fraction of sp³-hybridized carbons (Fsp3) is 0.941. The maximum atomic E-state index is 12.2. The van der Waals surface area contributed by atoms with Crippen LogP contribution >= 0.6 is 11.8 Å². The maximum Gasteiger partial charge on any atom is 0.315 e. The molecule has 3 fully saturated rings. The number of nitrogens with one attached hydrogen (secondary N) is 2. The van der Waals surface area contributed by atoms with Gasteiger partial charge >= 0.3 is 6.03 Å². The topological polar surface area (TPSA) is 50.4 Å². The largest absolute Gasteiger partial charge is 0.374 e. The molecule has 0 radical (unpaired) electrons. The van der Waals surface area contributed by atoms with Gasteiger partial charge in [0, 0.05) is 24.9 Å². The quantitative estimate of drug-likeness (QED) is 0.816. The monoisotopic (exact) mass is 326 g/mol. The van der Waals surface area contributed by atoms with Gasteiger partial charge in [0.1, 0.15) is 0 Å². The molecule has 5 heteroatoms. The minimum Gasteiger partial charge on any atom is -0.374 e. The van der Waals surface area contributed by atoms with E-state index in [-0.39, 0.29) is 17.7 Å². The summed E-state index contributed by atoms with van der Waals surface area (Å²) in [5, 5.41) is 6.31. The third kappa shape index (κ3) is 4.10. The summed E-state index contributed by atoms with van der Waals surface area (Å²) in [5.74, 6) is 2.99. The van der Waals surface area contributed by atoms with Crippen LogP contribution in [0.25, 0.3) is 0 Å². The van der Waals surface area contributed by atoms with Crippen molar-refractivity contribution in [1.29, 1.82) is 0 Å². The lowest BCUT2D eigenvalue weighted by atomic mass is 9.90. The fourth-order valence-electron chi connectivity index (χ4n) is 4.01. The molecular formula is C17H30N2O2S. The van der Waals surface area contributed by atoms with Crippen LogP contribution in [-0.4, -0.2) is 42.3 Å². The van der Waals surface area contributed by atoms with E-state index in [0.29, 0.717) is 11.3 Å². The lowest BCUT2D eigenvalue weighted by Crippen LogP contribution is -2.51. The van der Waals surface area contributed by atoms with E-state index in [1.54, 1.807) is 0 Å². The van der Waals surface area contributed by atoms with Crippen LogP contribution in [0.1, 0.15) is 52.4 Å². The Morgan fingerprint density at radius 1 is 1.36 bits per heavy atom. The van der Waals surface area contributed by atoms with Crippen LogP contribution in [-0.2, 0) is 4.74 Å². The van der Waals surface area contributed by atoms with Gasteiger partial charge < -0.3 is 15.4 Å². The summed E-state index contributed by atoms with van der Waals surface area (Å²) < 4.78 is 6.01. The summed E-state index contributed by atoms with van der Waals surface area (Å²) >= 11 is 1.97. The molecule has 0 bridgehead atoms. The fourth-order valence-corrected chi connectivity index (χ4v) is 5.39. The van der Waals surface area contributed by atoms with Crippen LogP contribution in [0.15, 0.2) is 0 Å². The van der Waals surface area contributed by atoms with Crippen molar-refractivity contribution in [2.75, 3.05) is 24.7 Å². The zero-order valence-corrected chi connectivity index (χ0v) is 14.8. The molecule has 1 saturated carbocycles. The van der Waals surface area contributed by atoms with Gasteiger partial charge in [-0.2, -0.15) is 11.8 Å². The van der Waals surface area contributed by atoms with Gasteiger partial charge in [-0.1, -0.05) is 13.8 Å². The van der Waals surface area contributed by atoms with Crippen molar-refractivity contribution in [3.63, 3.8) is 0 Å². The van der Waals surface area contributed by atoms with Gasteiger partial charge in [0.2, 0.25) is 0 Å². The van der Waals surface area contributed by atoms with Crippen LogP contribution in [0, 0.1) is 11.3 Å². The SMILES string of the molecule is CC(C)CC1(CNC(=O)N[C@@H]2CCO[C@@]3(CCSC3)C2)CC1. The van der Waals surface area contributed by atoms with Gasteiger partial charge in [-0.05, 0) is 55.6 Å². The Morgan fingerprint density at radius 2 is 2.18 bits per heavy atom. The molecule has 0 unspecified atom stereocenters. The van der Waals surface area contributed by atoms with E-state index in [1.165, 1.54) is 25.0 Å². The molecule has 1 spiro atoms. The molecule has 126 valence electrons. The molecule has 2 heterocycles. The lowest BCUT2D eigenvalue weighted by Gasteiger charge is -2.38. The highest BCUT2D eigenvalue weighted by Gasteiger charge is 2.43. The summed E-state index contributed by atoms with van der Waals surface area (Å²) in [4.78, 5) is 12.2. The minimum atomic E-state index is 0.0164. The summed E-state index contributed by atoms with van der Waals surface area (Å²) in [5.41, 5.74) is 0.431. The first kappa shape index (κ1) is 16.4. The van der Waals surface area contributed by atoms with Crippen LogP contribution in [0.2, 0.25) is 0 Å². The number of ether oxygens (including phenoxy) is 1. The smallest absolute Gasteiger partial charge is 0.315 e. The number of urea groups is 1. The maximum absolute atomic E-state index is 12.2. The second-order valence-corrected chi connectivity index (χ2v) is 9.05. The molecule has 22 heavy (non-hydrogen) atoms. The predicted octanol–water partition coefficient (Wildman–Crippen LogP) is 3.17. The van der Waals surface area contributed by atoms with Crippen LogP contribution in [0.3, 0.4) is 0 Å². The van der Waals surface area contributed by atoms with E-state index >= 15 is 0 Å². The van der Waals surface area contributed by atoms with Crippen LogP contribution in [0.4, 0.5) is 4.79 Å². The van der Waals surface area contributed by atoms with Crippen molar-refractivity contribution in [3.05, 3.63) is 0 Å². The predicted molar refractivity (Wildman–Crippen MR) is 91.3 cm³/mol. The minimum absolute atomic E-state index is 0.0164. The van der Waals surface area contributed by atoms with Crippen molar-refractivity contribution in [2.45, 2.75) is 64.0 Å². The third-order valence-corrected chi connectivity index (χ3v) is 6.54. The molecule has 3 rings (SSSR count). The Kier molecular flexibility index (Phi) is 4.93. The number of hydrogen-bond donors (Lipinski definition) is 2. The Balaban J connectivity index is 1.42. The number of carbonyl (C=O) groups is 1. The average molecular weight is 327 g/mol. The number of thioether (sulfide) groups is 1. The van der Waals surface area contributed by atoms with E-state index in [1.807, 2.05) is 11.8 Å². The molecule has 0 aromatic heterocycles. The summed E-state index contributed by atoms with van der Waals surface area (Å²) in [7, 11) is 0. The summed E-state index contributed by atoms with van der Waals surface area (Å²) in [6, 6.07) is 0.287. The van der Waals surface area contributed by atoms with E-state index in [4.69, 9.17) is 4.74 Å². The number of amides is 2. The molecule has 2 atom stereocenters. The van der Waals surface area contributed by atoms with E-state index in [0.717, 1.165) is 38.2 Å². The highest BCUT2D eigenvalue weighted by Crippen LogP contribution is 2.50. The Hall–Kier alpha value is -0.420. The van der Waals surface area contributed by atoms with Crippen molar-refractivity contribution >= 4 is 17.8 Å². The van der Waals surface area contributed by atoms with Gasteiger partial charge in [-0.25, -0.2) is 4.79 Å². The van der Waals surface area contributed by atoms with Gasteiger partial charge in [0.05, 0.1) is 5.60 Å². The van der Waals surface area contributed by atoms with E-state index < -0.39 is 0 Å². The van der Waals surface area contributed by atoms with Crippen LogP contribution in [0.5, 0.6) is 0 Å². The second-order valence-electron chi connectivity index (χ2n) is 7.95. The van der Waals surface area contributed by atoms with Gasteiger partial charge in [0.25, 0.3) is 0 Å². The highest BCUT2D eigenvalue weighted by atomic mass is 32.2. The zero-order valence-electron chi connectivity index (χ0n) is 14.0. The normalized spacial score (nSPS) is 33.1. The Labute approximate surface area is 138 Å². The zero-order chi connectivity index (χ0) is 15.6. The molecule has 2 amide bonds. The van der Waals surface area contributed by atoms with Crippen molar-refractivity contribution in [3.8, 4) is 0 Å². The van der Waals surface area contributed by atoms with E-state index in [9.17, 15) is 4.79 Å². The molecule has 0 aromatic carbocycles. The Bertz CT molecular complexity index is 403.